The summed E-state index contributed by atoms with van der Waals surface area (Å²) in [5.74, 6) is 0. The van der Waals surface area contributed by atoms with Crippen LogP contribution in [0.15, 0.2) is 43.0 Å². The molecular weight excluding hydrogens is 162 g/mol. The van der Waals surface area contributed by atoms with Crippen LogP contribution in [0.2, 0.25) is 0 Å². The van der Waals surface area contributed by atoms with E-state index in [2.05, 4.69) is 6.58 Å². The average molecular weight is 177 g/mol. The van der Waals surface area contributed by atoms with Crippen molar-refractivity contribution in [2.24, 2.45) is 5.73 Å². The van der Waals surface area contributed by atoms with Crippen molar-refractivity contribution in [3.63, 3.8) is 0 Å². The lowest BCUT2D eigenvalue weighted by Gasteiger charge is -2.28. The standard InChI is InChI=1S/C11H15NO/c1-3-10(13)11(2,12)9-7-5-4-6-8-9/h3-8,10,13H,1,12H2,2H3/t10-,11+/m0/s1. The van der Waals surface area contributed by atoms with Crippen molar-refractivity contribution in [1.29, 1.82) is 0 Å². The summed E-state index contributed by atoms with van der Waals surface area (Å²) in [4.78, 5) is 0. The quantitative estimate of drug-likeness (QED) is 0.686. The molecular formula is C11H15NO. The zero-order valence-corrected chi connectivity index (χ0v) is 7.77. The number of hydrogen-bond donors (Lipinski definition) is 2. The van der Waals surface area contributed by atoms with Crippen LogP contribution >= 0.6 is 0 Å². The van der Waals surface area contributed by atoms with Gasteiger partial charge in [0.1, 0.15) is 0 Å². The van der Waals surface area contributed by atoms with Gasteiger partial charge in [-0.3, -0.25) is 0 Å². The van der Waals surface area contributed by atoms with Gasteiger partial charge in [-0.05, 0) is 12.5 Å². The van der Waals surface area contributed by atoms with E-state index in [-0.39, 0.29) is 0 Å². The number of aliphatic hydroxyl groups excluding tert-OH is 1. The van der Waals surface area contributed by atoms with E-state index in [0.29, 0.717) is 0 Å². The highest BCUT2D eigenvalue weighted by molar-refractivity contribution is 5.25. The predicted octanol–water partition coefficient (Wildman–Crippen LogP) is 1.41. The van der Waals surface area contributed by atoms with Gasteiger partial charge in [-0.2, -0.15) is 0 Å². The van der Waals surface area contributed by atoms with Crippen LogP contribution in [0.25, 0.3) is 0 Å². The minimum Gasteiger partial charge on any atom is -0.387 e. The molecule has 0 heterocycles. The summed E-state index contributed by atoms with van der Waals surface area (Å²) in [6.45, 7) is 5.31. The first kappa shape index (κ1) is 9.96. The monoisotopic (exact) mass is 177 g/mol. The fourth-order valence-electron chi connectivity index (χ4n) is 1.21. The van der Waals surface area contributed by atoms with Gasteiger partial charge in [-0.15, -0.1) is 6.58 Å². The second-order valence-electron chi connectivity index (χ2n) is 3.33. The summed E-state index contributed by atoms with van der Waals surface area (Å²) in [6, 6.07) is 9.51. The molecule has 0 unspecified atom stereocenters. The Balaban J connectivity index is 3.00. The van der Waals surface area contributed by atoms with Gasteiger partial charge in [0.25, 0.3) is 0 Å². The lowest BCUT2D eigenvalue weighted by molar-refractivity contribution is 0.137. The van der Waals surface area contributed by atoms with E-state index in [1.165, 1.54) is 6.08 Å². The van der Waals surface area contributed by atoms with Crippen molar-refractivity contribution in [3.05, 3.63) is 48.6 Å². The van der Waals surface area contributed by atoms with Crippen LogP contribution in [-0.4, -0.2) is 11.2 Å². The molecule has 0 saturated heterocycles. The van der Waals surface area contributed by atoms with E-state index < -0.39 is 11.6 Å². The van der Waals surface area contributed by atoms with E-state index in [4.69, 9.17) is 5.73 Å². The molecule has 0 radical (unpaired) electrons. The Morgan fingerprint density at radius 1 is 1.46 bits per heavy atom. The molecule has 0 aliphatic carbocycles. The minimum absolute atomic E-state index is 0.727. The Morgan fingerprint density at radius 2 is 2.00 bits per heavy atom. The van der Waals surface area contributed by atoms with Crippen LogP contribution in [0.1, 0.15) is 12.5 Å². The summed E-state index contributed by atoms with van der Waals surface area (Å²) >= 11 is 0. The third-order valence-corrected chi connectivity index (χ3v) is 2.23. The molecule has 0 saturated carbocycles. The molecule has 1 aromatic carbocycles. The normalized spacial score (nSPS) is 17.5. The van der Waals surface area contributed by atoms with E-state index in [1.54, 1.807) is 6.92 Å². The van der Waals surface area contributed by atoms with Crippen molar-refractivity contribution >= 4 is 0 Å². The number of rotatable bonds is 3. The molecule has 0 aliphatic heterocycles. The highest BCUT2D eigenvalue weighted by Crippen LogP contribution is 2.21. The first-order valence-electron chi connectivity index (χ1n) is 4.24. The van der Waals surface area contributed by atoms with Crippen LogP contribution in [0.5, 0.6) is 0 Å². The third kappa shape index (κ3) is 1.97. The minimum atomic E-state index is -0.761. The zero-order valence-electron chi connectivity index (χ0n) is 7.77. The van der Waals surface area contributed by atoms with Gasteiger partial charge in [0, 0.05) is 0 Å². The predicted molar refractivity (Wildman–Crippen MR) is 54.2 cm³/mol. The molecule has 0 aromatic heterocycles. The van der Waals surface area contributed by atoms with E-state index >= 15 is 0 Å². The Bertz CT molecular complexity index is 279. The summed E-state index contributed by atoms with van der Waals surface area (Å²) in [5.41, 5.74) is 6.11. The summed E-state index contributed by atoms with van der Waals surface area (Å²) < 4.78 is 0. The van der Waals surface area contributed by atoms with Crippen LogP contribution in [0.3, 0.4) is 0 Å². The fourth-order valence-corrected chi connectivity index (χ4v) is 1.21. The second-order valence-corrected chi connectivity index (χ2v) is 3.33. The third-order valence-electron chi connectivity index (χ3n) is 2.23. The topological polar surface area (TPSA) is 46.2 Å². The Morgan fingerprint density at radius 3 is 2.46 bits per heavy atom. The Labute approximate surface area is 78.7 Å². The SMILES string of the molecule is C=C[C@H](O)[C@](C)(N)c1ccccc1. The molecule has 70 valence electrons. The van der Waals surface area contributed by atoms with Gasteiger partial charge in [-0.1, -0.05) is 36.4 Å². The zero-order chi connectivity index (χ0) is 9.90. The average Bonchev–Trinajstić information content (AvgIpc) is 2.18. The molecule has 2 heteroatoms. The lowest BCUT2D eigenvalue weighted by Crippen LogP contribution is -2.43. The Hall–Kier alpha value is -1.12. The highest BCUT2D eigenvalue weighted by atomic mass is 16.3. The summed E-state index contributed by atoms with van der Waals surface area (Å²) in [5, 5.41) is 9.60. The van der Waals surface area contributed by atoms with Crippen molar-refractivity contribution in [3.8, 4) is 0 Å². The van der Waals surface area contributed by atoms with Gasteiger partial charge < -0.3 is 10.8 Å². The molecule has 1 aromatic rings. The van der Waals surface area contributed by atoms with E-state index in [1.807, 2.05) is 30.3 Å². The first-order chi connectivity index (χ1) is 6.09. The van der Waals surface area contributed by atoms with Crippen molar-refractivity contribution in [2.45, 2.75) is 18.6 Å². The van der Waals surface area contributed by atoms with Gasteiger partial charge >= 0.3 is 0 Å². The first-order valence-corrected chi connectivity index (χ1v) is 4.24. The highest BCUT2D eigenvalue weighted by Gasteiger charge is 2.27. The van der Waals surface area contributed by atoms with E-state index in [0.717, 1.165) is 5.56 Å². The molecule has 0 fully saturated rings. The smallest absolute Gasteiger partial charge is 0.0936 e. The van der Waals surface area contributed by atoms with Crippen molar-refractivity contribution in [1.82, 2.24) is 0 Å². The van der Waals surface area contributed by atoms with Crippen LogP contribution < -0.4 is 5.73 Å². The van der Waals surface area contributed by atoms with Crippen molar-refractivity contribution < 1.29 is 5.11 Å². The molecule has 1 rings (SSSR count). The molecule has 2 atom stereocenters. The molecule has 3 N–H and O–H groups in total. The molecule has 0 aliphatic rings. The van der Waals surface area contributed by atoms with Gasteiger partial charge in [0.15, 0.2) is 0 Å². The van der Waals surface area contributed by atoms with Crippen LogP contribution in [0.4, 0.5) is 0 Å². The largest absolute Gasteiger partial charge is 0.387 e. The van der Waals surface area contributed by atoms with Crippen molar-refractivity contribution in [2.75, 3.05) is 0 Å². The molecule has 13 heavy (non-hydrogen) atoms. The van der Waals surface area contributed by atoms with Gasteiger partial charge in [0.05, 0.1) is 11.6 Å². The lowest BCUT2D eigenvalue weighted by atomic mass is 9.87. The van der Waals surface area contributed by atoms with Gasteiger partial charge in [-0.25, -0.2) is 0 Å². The maximum atomic E-state index is 9.60. The Kier molecular flexibility index (Phi) is 2.86. The fraction of sp³-hybridized carbons (Fsp3) is 0.273. The number of hydrogen-bond acceptors (Lipinski definition) is 2. The van der Waals surface area contributed by atoms with Crippen LogP contribution in [0, 0.1) is 0 Å². The molecule has 0 amide bonds. The molecule has 2 nitrogen and oxygen atoms in total. The maximum Gasteiger partial charge on any atom is 0.0936 e. The van der Waals surface area contributed by atoms with Crippen LogP contribution in [-0.2, 0) is 5.54 Å². The maximum absolute atomic E-state index is 9.60. The van der Waals surface area contributed by atoms with Gasteiger partial charge in [0.2, 0.25) is 0 Å². The van der Waals surface area contributed by atoms with E-state index in [9.17, 15) is 5.11 Å². The molecule has 0 spiro atoms. The second kappa shape index (κ2) is 3.73. The summed E-state index contributed by atoms with van der Waals surface area (Å²) in [6.07, 6.45) is 0.724. The number of benzene rings is 1. The number of aliphatic hydroxyl groups is 1. The molecule has 0 bridgehead atoms. The summed E-state index contributed by atoms with van der Waals surface area (Å²) in [7, 11) is 0. The number of nitrogens with two attached hydrogens (primary N) is 1.